The van der Waals surface area contributed by atoms with Crippen molar-refractivity contribution in [1.82, 2.24) is 9.97 Å². The summed E-state index contributed by atoms with van der Waals surface area (Å²) in [5, 5.41) is 14.0. The Morgan fingerprint density at radius 1 is 1.19 bits per heavy atom. The van der Waals surface area contributed by atoms with Gasteiger partial charge in [-0.3, -0.25) is 14.9 Å². The zero-order valence-corrected chi connectivity index (χ0v) is 17.2. The van der Waals surface area contributed by atoms with E-state index < -0.39 is 28.3 Å². The smallest absolute Gasteiger partial charge is 0.416 e. The molecule has 0 atom stereocenters. The van der Waals surface area contributed by atoms with Crippen LogP contribution in [0.3, 0.4) is 0 Å². The minimum Gasteiger partial charge on any atom is -0.493 e. The fourth-order valence-electron chi connectivity index (χ4n) is 2.87. The van der Waals surface area contributed by atoms with Crippen LogP contribution in [0.15, 0.2) is 30.3 Å². The number of fused-ring (bicyclic) bond motifs is 1. The highest BCUT2D eigenvalue weighted by Crippen LogP contribution is 2.36. The number of anilines is 1. The number of nitro benzene ring substituents is 1. The minimum atomic E-state index is -4.76. The standard InChI is InChI=1S/C19H14ClF3N4O5/c1-9(28)32-16-6-13-14(7-15(16)31-2)25-18(20)26-17(13)24-8-10-3-11(19(21,22)23)5-12(4-10)27(29)30/h3-7H,8H2,1-2H3,(H,24,25,26). The molecule has 2 aromatic carbocycles. The van der Waals surface area contributed by atoms with Gasteiger partial charge < -0.3 is 14.8 Å². The van der Waals surface area contributed by atoms with Gasteiger partial charge in [0.25, 0.3) is 5.69 Å². The van der Waals surface area contributed by atoms with E-state index in [1.165, 1.54) is 26.2 Å². The minimum absolute atomic E-state index is 0.0110. The number of rotatable bonds is 6. The van der Waals surface area contributed by atoms with E-state index in [2.05, 4.69) is 15.3 Å². The predicted octanol–water partition coefficient (Wildman–Crippen LogP) is 4.76. The number of carbonyl (C=O) groups excluding carboxylic acids is 1. The number of ether oxygens (including phenoxy) is 2. The molecule has 0 fully saturated rings. The van der Waals surface area contributed by atoms with Crippen molar-refractivity contribution in [2.75, 3.05) is 12.4 Å². The molecule has 1 aromatic heterocycles. The van der Waals surface area contributed by atoms with E-state index in [0.717, 1.165) is 12.1 Å². The van der Waals surface area contributed by atoms with Crippen LogP contribution in [0.25, 0.3) is 10.9 Å². The number of carbonyl (C=O) groups is 1. The van der Waals surface area contributed by atoms with Crippen molar-refractivity contribution < 1.29 is 32.4 Å². The number of nitro groups is 1. The van der Waals surface area contributed by atoms with E-state index in [1.807, 2.05) is 0 Å². The molecule has 1 heterocycles. The van der Waals surface area contributed by atoms with Crippen LogP contribution in [-0.4, -0.2) is 28.0 Å². The third-order valence-corrected chi connectivity index (χ3v) is 4.35. The number of aromatic nitrogens is 2. The van der Waals surface area contributed by atoms with Crippen molar-refractivity contribution in [3.63, 3.8) is 0 Å². The summed E-state index contributed by atoms with van der Waals surface area (Å²) >= 11 is 5.95. The first kappa shape index (κ1) is 23.0. The van der Waals surface area contributed by atoms with E-state index in [0.29, 0.717) is 17.0 Å². The number of nitrogens with one attached hydrogen (secondary N) is 1. The first-order valence-electron chi connectivity index (χ1n) is 8.81. The van der Waals surface area contributed by atoms with E-state index in [-0.39, 0.29) is 34.7 Å². The molecule has 0 aliphatic carbocycles. The zero-order valence-electron chi connectivity index (χ0n) is 16.5. The lowest BCUT2D eigenvalue weighted by Gasteiger charge is -2.14. The molecule has 0 amide bonds. The van der Waals surface area contributed by atoms with Crippen LogP contribution < -0.4 is 14.8 Å². The van der Waals surface area contributed by atoms with E-state index in [1.54, 1.807) is 0 Å². The number of esters is 1. The highest BCUT2D eigenvalue weighted by atomic mass is 35.5. The van der Waals surface area contributed by atoms with Gasteiger partial charge >= 0.3 is 12.1 Å². The summed E-state index contributed by atoms with van der Waals surface area (Å²) in [5.74, 6) is -0.238. The number of non-ortho nitro benzene ring substituents is 1. The molecule has 1 N–H and O–H groups in total. The SMILES string of the molecule is COc1cc2nc(Cl)nc(NCc3cc([N+](=O)[O-])cc(C(F)(F)F)c3)c2cc1OC(C)=O. The lowest BCUT2D eigenvalue weighted by atomic mass is 10.1. The molecular weight excluding hydrogens is 457 g/mol. The third-order valence-electron chi connectivity index (χ3n) is 4.18. The number of hydrogen-bond acceptors (Lipinski definition) is 8. The molecule has 13 heteroatoms. The fourth-order valence-corrected chi connectivity index (χ4v) is 3.04. The summed E-state index contributed by atoms with van der Waals surface area (Å²) in [6.07, 6.45) is -4.76. The normalized spacial score (nSPS) is 11.3. The van der Waals surface area contributed by atoms with Gasteiger partial charge in [-0.15, -0.1) is 0 Å². The van der Waals surface area contributed by atoms with Gasteiger partial charge in [-0.1, -0.05) is 0 Å². The summed E-state index contributed by atoms with van der Waals surface area (Å²) in [5.41, 5.74) is -1.57. The van der Waals surface area contributed by atoms with Gasteiger partial charge in [-0.05, 0) is 29.3 Å². The second-order valence-electron chi connectivity index (χ2n) is 6.45. The van der Waals surface area contributed by atoms with Crippen molar-refractivity contribution in [2.24, 2.45) is 0 Å². The Kier molecular flexibility index (Phi) is 6.35. The molecule has 0 radical (unpaired) electrons. The van der Waals surface area contributed by atoms with Crippen molar-refractivity contribution >= 4 is 40.0 Å². The summed E-state index contributed by atoms with van der Waals surface area (Å²) in [6, 6.07) is 5.11. The number of methoxy groups -OCH3 is 1. The second-order valence-corrected chi connectivity index (χ2v) is 6.79. The lowest BCUT2D eigenvalue weighted by molar-refractivity contribution is -0.385. The lowest BCUT2D eigenvalue weighted by Crippen LogP contribution is -2.09. The Balaban J connectivity index is 2.03. The quantitative estimate of drug-likeness (QED) is 0.180. The van der Waals surface area contributed by atoms with Gasteiger partial charge in [0.2, 0.25) is 5.28 Å². The topological polar surface area (TPSA) is 116 Å². The molecule has 168 valence electrons. The molecular formula is C19H14ClF3N4O5. The highest BCUT2D eigenvalue weighted by molar-refractivity contribution is 6.28. The van der Waals surface area contributed by atoms with Crippen molar-refractivity contribution in [3.05, 3.63) is 56.9 Å². The van der Waals surface area contributed by atoms with Crippen molar-refractivity contribution in [3.8, 4) is 11.5 Å². The van der Waals surface area contributed by atoms with Gasteiger partial charge in [0.05, 0.1) is 23.1 Å². The molecule has 32 heavy (non-hydrogen) atoms. The van der Waals surface area contributed by atoms with Crippen LogP contribution in [0.2, 0.25) is 5.28 Å². The molecule has 9 nitrogen and oxygen atoms in total. The van der Waals surface area contributed by atoms with Crippen LogP contribution in [0.4, 0.5) is 24.7 Å². The number of hydrogen-bond donors (Lipinski definition) is 1. The Hall–Kier alpha value is -3.67. The molecule has 0 aliphatic rings. The fraction of sp³-hybridized carbons (Fsp3) is 0.211. The summed E-state index contributed by atoms with van der Waals surface area (Å²) in [6.45, 7) is 0.948. The Morgan fingerprint density at radius 2 is 1.91 bits per heavy atom. The molecule has 3 aromatic rings. The molecule has 3 rings (SSSR count). The Bertz CT molecular complexity index is 1220. The molecule has 0 saturated heterocycles. The average molecular weight is 471 g/mol. The zero-order chi connectivity index (χ0) is 23.6. The van der Waals surface area contributed by atoms with E-state index in [9.17, 15) is 28.1 Å². The van der Waals surface area contributed by atoms with Gasteiger partial charge in [0.1, 0.15) is 5.82 Å². The van der Waals surface area contributed by atoms with E-state index >= 15 is 0 Å². The molecule has 0 unspecified atom stereocenters. The predicted molar refractivity (Wildman–Crippen MR) is 108 cm³/mol. The second kappa shape index (κ2) is 8.83. The largest absolute Gasteiger partial charge is 0.493 e. The monoisotopic (exact) mass is 470 g/mol. The van der Waals surface area contributed by atoms with Crippen molar-refractivity contribution in [1.29, 1.82) is 0 Å². The number of nitrogens with zero attached hydrogens (tertiary/aromatic N) is 3. The summed E-state index contributed by atoms with van der Waals surface area (Å²) in [4.78, 5) is 29.6. The van der Waals surface area contributed by atoms with Gasteiger partial charge in [-0.2, -0.15) is 13.2 Å². The first-order valence-corrected chi connectivity index (χ1v) is 9.19. The summed E-state index contributed by atoms with van der Waals surface area (Å²) < 4.78 is 49.6. The van der Waals surface area contributed by atoms with Crippen LogP contribution in [-0.2, 0) is 17.5 Å². The van der Waals surface area contributed by atoms with Crippen LogP contribution in [0.5, 0.6) is 11.5 Å². The van der Waals surface area contributed by atoms with Crippen LogP contribution in [0, 0.1) is 10.1 Å². The van der Waals surface area contributed by atoms with Crippen LogP contribution in [0.1, 0.15) is 18.1 Å². The van der Waals surface area contributed by atoms with Crippen molar-refractivity contribution in [2.45, 2.75) is 19.6 Å². The maximum Gasteiger partial charge on any atom is 0.416 e. The molecule has 0 bridgehead atoms. The number of benzene rings is 2. The Labute approximate surface area is 183 Å². The highest BCUT2D eigenvalue weighted by Gasteiger charge is 2.32. The van der Waals surface area contributed by atoms with Crippen LogP contribution >= 0.6 is 11.6 Å². The first-order chi connectivity index (χ1) is 15.0. The maximum atomic E-state index is 13.1. The Morgan fingerprint density at radius 3 is 2.50 bits per heavy atom. The molecule has 0 aliphatic heterocycles. The number of halogens is 4. The maximum absolute atomic E-state index is 13.1. The average Bonchev–Trinajstić information content (AvgIpc) is 2.70. The number of alkyl halides is 3. The van der Waals surface area contributed by atoms with Gasteiger partial charge in [-0.25, -0.2) is 9.97 Å². The third kappa shape index (κ3) is 5.14. The van der Waals surface area contributed by atoms with Gasteiger partial charge in [0, 0.05) is 37.1 Å². The van der Waals surface area contributed by atoms with Gasteiger partial charge in [0.15, 0.2) is 11.5 Å². The molecule has 0 spiro atoms. The molecule has 0 saturated carbocycles. The van der Waals surface area contributed by atoms with E-state index in [4.69, 9.17) is 21.1 Å². The summed E-state index contributed by atoms with van der Waals surface area (Å²) in [7, 11) is 1.36.